The lowest BCUT2D eigenvalue weighted by molar-refractivity contribution is -0.0835. The van der Waals surface area contributed by atoms with Crippen molar-refractivity contribution in [2.24, 2.45) is 23.4 Å². The lowest BCUT2D eigenvalue weighted by Gasteiger charge is -2.40. The quantitative estimate of drug-likeness (QED) is 0.315. The molecule has 3 rings (SSSR count). The summed E-state index contributed by atoms with van der Waals surface area (Å²) in [7, 11) is 1.97. The van der Waals surface area contributed by atoms with Crippen molar-refractivity contribution < 1.29 is 4.74 Å². The Balaban J connectivity index is 0.00000363. The lowest BCUT2D eigenvalue weighted by atomic mass is 9.78. The number of guanidine groups is 1. The maximum Gasteiger partial charge on any atom is 0.192 e. The maximum absolute atomic E-state index is 6.16. The van der Waals surface area contributed by atoms with Crippen molar-refractivity contribution in [1.82, 2.24) is 25.4 Å². The summed E-state index contributed by atoms with van der Waals surface area (Å²) < 4.78 is 8.14. The first-order chi connectivity index (χ1) is 14.8. The third-order valence-corrected chi connectivity index (χ3v) is 6.04. The topological polar surface area (TPSA) is 76.4 Å². The highest BCUT2D eigenvalue weighted by Crippen LogP contribution is 2.33. The van der Waals surface area contributed by atoms with Gasteiger partial charge in [0.25, 0.3) is 0 Å². The molecule has 0 aliphatic carbocycles. The van der Waals surface area contributed by atoms with Crippen molar-refractivity contribution in [3.63, 3.8) is 0 Å². The van der Waals surface area contributed by atoms with Gasteiger partial charge in [0, 0.05) is 26.1 Å². The number of aryl methyl sites for hydroxylation is 1. The first-order valence-corrected chi connectivity index (χ1v) is 11.3. The molecule has 0 amide bonds. The van der Waals surface area contributed by atoms with Crippen LogP contribution in [0.4, 0.5) is 0 Å². The number of benzene rings is 1. The summed E-state index contributed by atoms with van der Waals surface area (Å²) in [5, 5.41) is 15.5. The number of rotatable bonds is 6. The molecule has 0 saturated carbocycles. The first kappa shape index (κ1) is 26.6. The minimum atomic E-state index is 0. The molecule has 1 saturated heterocycles. The molecule has 3 unspecified atom stereocenters. The van der Waals surface area contributed by atoms with Crippen LogP contribution in [0, 0.1) is 18.3 Å². The molecule has 3 atom stereocenters. The van der Waals surface area contributed by atoms with E-state index in [1.54, 1.807) is 0 Å². The zero-order valence-corrected chi connectivity index (χ0v) is 22.6. The Hall–Kier alpha value is -1.68. The van der Waals surface area contributed by atoms with Crippen molar-refractivity contribution in [3.05, 3.63) is 47.5 Å². The van der Waals surface area contributed by atoms with Gasteiger partial charge in [0.1, 0.15) is 12.4 Å². The molecule has 178 valence electrons. The van der Waals surface area contributed by atoms with Crippen LogP contribution in [0.5, 0.6) is 0 Å². The van der Waals surface area contributed by atoms with E-state index in [-0.39, 0.29) is 41.5 Å². The summed E-state index contributed by atoms with van der Waals surface area (Å²) in [4.78, 5) is 4.84. The van der Waals surface area contributed by atoms with Gasteiger partial charge in [-0.25, -0.2) is 4.99 Å². The van der Waals surface area contributed by atoms with Crippen LogP contribution in [-0.2, 0) is 18.3 Å². The van der Waals surface area contributed by atoms with Crippen LogP contribution in [-0.4, -0.2) is 40.0 Å². The van der Waals surface area contributed by atoms with Gasteiger partial charge in [-0.1, -0.05) is 51.1 Å². The average molecular weight is 555 g/mol. The van der Waals surface area contributed by atoms with Crippen molar-refractivity contribution >= 4 is 29.9 Å². The van der Waals surface area contributed by atoms with Gasteiger partial charge >= 0.3 is 0 Å². The molecule has 2 aromatic rings. The normalized spacial score (nSPS) is 20.4. The lowest BCUT2D eigenvalue weighted by Crippen LogP contribution is -2.47. The van der Waals surface area contributed by atoms with E-state index in [1.807, 2.05) is 24.6 Å². The van der Waals surface area contributed by atoms with Gasteiger partial charge in [-0.2, -0.15) is 0 Å². The third-order valence-electron chi connectivity index (χ3n) is 6.04. The second-order valence-electron chi connectivity index (χ2n) is 9.60. The van der Waals surface area contributed by atoms with Crippen LogP contribution in [0.2, 0.25) is 0 Å². The van der Waals surface area contributed by atoms with E-state index >= 15 is 0 Å². The fourth-order valence-corrected chi connectivity index (χ4v) is 4.16. The summed E-state index contributed by atoms with van der Waals surface area (Å²) in [6.07, 6.45) is 2.51. The number of nitrogens with one attached hydrogen (secondary N) is 2. The molecule has 0 radical (unpaired) electrons. The second-order valence-corrected chi connectivity index (χ2v) is 9.60. The van der Waals surface area contributed by atoms with Gasteiger partial charge in [-0.15, -0.1) is 34.2 Å². The number of halogens is 1. The van der Waals surface area contributed by atoms with Crippen molar-refractivity contribution in [3.8, 4) is 0 Å². The molecular formula is C24H39IN6O. The van der Waals surface area contributed by atoms with Gasteiger partial charge in [0.05, 0.1) is 12.1 Å². The summed E-state index contributed by atoms with van der Waals surface area (Å²) in [6, 6.07) is 10.6. The molecule has 1 fully saturated rings. The van der Waals surface area contributed by atoms with Crippen molar-refractivity contribution in [2.75, 3.05) is 13.2 Å². The standard InChI is InChI=1S/C24H38N6O.HI/c1-17(19-11-8-7-9-12-19)27-23(26-16-21-29-28-18(2)30(21)6)25-15-20-13-10-14-31-22(20)24(3,4)5;/h7-9,11-12,17,20,22H,10,13-16H2,1-6H3,(H2,25,26,27);1H. The highest BCUT2D eigenvalue weighted by Gasteiger charge is 2.35. The fraction of sp³-hybridized carbons (Fsp3) is 0.625. The minimum Gasteiger partial charge on any atom is -0.377 e. The van der Waals surface area contributed by atoms with Crippen LogP contribution in [0.1, 0.15) is 63.8 Å². The number of hydrogen-bond donors (Lipinski definition) is 2. The summed E-state index contributed by atoms with van der Waals surface area (Å²) >= 11 is 0. The minimum absolute atomic E-state index is 0. The number of ether oxygens (including phenoxy) is 1. The van der Waals surface area contributed by atoms with Gasteiger partial charge < -0.3 is 19.9 Å². The molecule has 8 heteroatoms. The molecule has 32 heavy (non-hydrogen) atoms. The molecule has 1 aliphatic rings. The predicted molar refractivity (Wildman–Crippen MR) is 140 cm³/mol. The Labute approximate surface area is 209 Å². The molecule has 0 bridgehead atoms. The average Bonchev–Trinajstić information content (AvgIpc) is 3.08. The Morgan fingerprint density at radius 3 is 2.59 bits per heavy atom. The smallest absolute Gasteiger partial charge is 0.192 e. The van der Waals surface area contributed by atoms with Gasteiger partial charge in [0.15, 0.2) is 11.8 Å². The Kier molecular flexibility index (Phi) is 9.94. The summed E-state index contributed by atoms with van der Waals surface area (Å²) in [6.45, 7) is 13.0. The van der Waals surface area contributed by atoms with E-state index in [4.69, 9.17) is 9.73 Å². The molecular weight excluding hydrogens is 515 g/mol. The second kappa shape index (κ2) is 12.0. The van der Waals surface area contributed by atoms with Crippen LogP contribution in [0.25, 0.3) is 0 Å². The first-order valence-electron chi connectivity index (χ1n) is 11.3. The van der Waals surface area contributed by atoms with Gasteiger partial charge in [0.2, 0.25) is 0 Å². The van der Waals surface area contributed by atoms with E-state index in [0.717, 1.165) is 37.2 Å². The Bertz CT molecular complexity index is 861. The zero-order valence-electron chi connectivity index (χ0n) is 20.3. The highest BCUT2D eigenvalue weighted by molar-refractivity contribution is 14.0. The largest absolute Gasteiger partial charge is 0.377 e. The predicted octanol–water partition coefficient (Wildman–Crippen LogP) is 4.38. The highest BCUT2D eigenvalue weighted by atomic mass is 127. The number of hydrogen-bond acceptors (Lipinski definition) is 4. The van der Waals surface area contributed by atoms with E-state index in [0.29, 0.717) is 12.5 Å². The molecule has 1 aromatic heterocycles. The summed E-state index contributed by atoms with van der Waals surface area (Å²) in [5.74, 6) is 2.97. The molecule has 2 heterocycles. The number of nitrogens with zero attached hydrogens (tertiary/aromatic N) is 4. The molecule has 1 aromatic carbocycles. The van der Waals surface area contributed by atoms with E-state index < -0.39 is 0 Å². The van der Waals surface area contributed by atoms with Crippen LogP contribution >= 0.6 is 24.0 Å². The maximum atomic E-state index is 6.16. The van der Waals surface area contributed by atoms with Crippen LogP contribution in [0.15, 0.2) is 35.3 Å². The monoisotopic (exact) mass is 554 g/mol. The van der Waals surface area contributed by atoms with Crippen molar-refractivity contribution in [2.45, 2.75) is 66.2 Å². The van der Waals surface area contributed by atoms with E-state index in [9.17, 15) is 0 Å². The molecule has 2 N–H and O–H groups in total. The third kappa shape index (κ3) is 7.16. The Morgan fingerprint density at radius 2 is 1.97 bits per heavy atom. The number of aliphatic imine (C=N–C) groups is 1. The summed E-state index contributed by atoms with van der Waals surface area (Å²) in [5.41, 5.74) is 1.34. The molecule has 1 aliphatic heterocycles. The van der Waals surface area contributed by atoms with Gasteiger partial charge in [-0.3, -0.25) is 0 Å². The molecule has 0 spiro atoms. The zero-order chi connectivity index (χ0) is 22.4. The fourth-order valence-electron chi connectivity index (χ4n) is 4.16. The van der Waals surface area contributed by atoms with Crippen LogP contribution in [0.3, 0.4) is 0 Å². The number of aromatic nitrogens is 3. The van der Waals surface area contributed by atoms with Gasteiger partial charge in [-0.05, 0) is 37.7 Å². The van der Waals surface area contributed by atoms with E-state index in [2.05, 4.69) is 72.8 Å². The molecule has 7 nitrogen and oxygen atoms in total. The SMILES string of the molecule is Cc1nnc(CN=C(NCC2CCCOC2C(C)(C)C)NC(C)c2ccccc2)n1C.I. The Morgan fingerprint density at radius 1 is 1.25 bits per heavy atom. The van der Waals surface area contributed by atoms with E-state index in [1.165, 1.54) is 12.0 Å². The van der Waals surface area contributed by atoms with Crippen LogP contribution < -0.4 is 10.6 Å². The van der Waals surface area contributed by atoms with Crippen molar-refractivity contribution in [1.29, 1.82) is 0 Å².